The van der Waals surface area contributed by atoms with E-state index < -0.39 is 29.6 Å². The van der Waals surface area contributed by atoms with Gasteiger partial charge in [0.15, 0.2) is 34.6 Å². The number of methoxy groups -OCH3 is 2. The summed E-state index contributed by atoms with van der Waals surface area (Å²) >= 11 is 1.06. The number of halogens is 1. The number of aliphatic carboxylic acids is 2. The van der Waals surface area contributed by atoms with Gasteiger partial charge in [0.05, 0.1) is 38.2 Å². The van der Waals surface area contributed by atoms with Gasteiger partial charge in [-0.15, -0.1) is 11.3 Å². The predicted molar refractivity (Wildman–Crippen MR) is 156 cm³/mol. The molecule has 0 aliphatic carbocycles. The van der Waals surface area contributed by atoms with E-state index in [0.717, 1.165) is 22.5 Å². The summed E-state index contributed by atoms with van der Waals surface area (Å²) in [6, 6.07) is 6.55. The molecule has 45 heavy (non-hydrogen) atoms. The number of benzene rings is 2. The molecule has 0 saturated carbocycles. The number of hydrogen-bond donors (Lipinski definition) is 1. The quantitative estimate of drug-likeness (QED) is 0.142. The number of ether oxygens (including phenoxy) is 4. The molecule has 0 bridgehead atoms. The van der Waals surface area contributed by atoms with Gasteiger partial charge in [-0.05, 0) is 29.3 Å². The molecule has 0 spiro atoms. The Hall–Kier alpha value is -3.39. The second-order valence-electron chi connectivity index (χ2n) is 10.6. The van der Waals surface area contributed by atoms with E-state index in [-0.39, 0.29) is 89.1 Å². The van der Waals surface area contributed by atoms with Crippen LogP contribution in [0.1, 0.15) is 53.9 Å². The van der Waals surface area contributed by atoms with Crippen molar-refractivity contribution in [3.8, 4) is 23.0 Å². The van der Waals surface area contributed by atoms with Crippen LogP contribution in [0.15, 0.2) is 24.3 Å². The molecule has 11 nitrogen and oxygen atoms in total. The summed E-state index contributed by atoms with van der Waals surface area (Å²) < 4.78 is 38.4. The minimum atomic E-state index is -1.27. The largest absolute Gasteiger partial charge is 1.00 e. The predicted octanol–water partition coefficient (Wildman–Crippen LogP) is 0.821. The van der Waals surface area contributed by atoms with E-state index in [2.05, 4.69) is 0 Å². The molecule has 1 amide bonds. The SMILES string of the molecule is COc1cc2c(cc1OCCCOc1c(OC)cc3sc(C(=O)C[C@H](C)C(=O)O)cc3c1F)CN(C(=O)C[C@H](C)C(=O)[O-])C2.[Na+]. The molecule has 4 rings (SSSR count). The minimum Gasteiger partial charge on any atom is -0.550 e. The Balaban J connectivity index is 0.00000552. The van der Waals surface area contributed by atoms with E-state index in [0.29, 0.717) is 35.7 Å². The number of carbonyl (C=O) groups excluding carboxylic acids is 3. The number of ketones is 1. The summed E-state index contributed by atoms with van der Waals surface area (Å²) in [6.07, 6.45) is 0.0274. The number of Topliss-reactive ketones (excluding diaryl/α,β-unsaturated/α-hetero) is 1. The van der Waals surface area contributed by atoms with Crippen molar-refractivity contribution in [3.05, 3.63) is 46.1 Å². The van der Waals surface area contributed by atoms with Crippen LogP contribution in [0.25, 0.3) is 10.1 Å². The molecule has 2 aromatic carbocycles. The molecule has 1 aromatic heterocycles. The zero-order chi connectivity index (χ0) is 32.1. The van der Waals surface area contributed by atoms with Gasteiger partial charge in [0, 0.05) is 60.4 Å². The summed E-state index contributed by atoms with van der Waals surface area (Å²) in [4.78, 5) is 49.1. The zero-order valence-electron chi connectivity index (χ0n) is 25.8. The number of thiophene rings is 1. The summed E-state index contributed by atoms with van der Waals surface area (Å²) in [5.41, 5.74) is 1.73. The fraction of sp³-hybridized carbons (Fsp3) is 0.419. The van der Waals surface area contributed by atoms with Crippen LogP contribution in [0.2, 0.25) is 0 Å². The van der Waals surface area contributed by atoms with E-state index in [4.69, 9.17) is 24.1 Å². The van der Waals surface area contributed by atoms with Crippen LogP contribution < -0.4 is 53.6 Å². The number of fused-ring (bicyclic) bond motifs is 2. The summed E-state index contributed by atoms with van der Waals surface area (Å²) in [5, 5.41) is 20.3. The van der Waals surface area contributed by atoms with E-state index in [1.807, 2.05) is 0 Å². The first-order valence-corrected chi connectivity index (χ1v) is 14.7. The Labute approximate surface area is 285 Å². The number of carbonyl (C=O) groups is 4. The standard InChI is InChI=1S/C31H34FNO10S.Na/c1-16(30(36)37)8-21(34)26-12-20-25(44-26)13-24(41-4)29(28(20)32)43-7-5-6-42-23-11-19-15-33(14-18(19)10-22(23)40-3)27(35)9-17(2)31(38)39;/h10-13,16-17H,5-9,14-15H2,1-4H3,(H,36,37)(H,38,39);/q;+1/p-1/t16-,17-;/m0./s1. The average Bonchev–Trinajstić information content (AvgIpc) is 3.61. The monoisotopic (exact) mass is 653 g/mol. The van der Waals surface area contributed by atoms with Gasteiger partial charge in [0.2, 0.25) is 5.91 Å². The molecule has 0 radical (unpaired) electrons. The second kappa shape index (κ2) is 15.7. The number of hydrogen-bond acceptors (Lipinski definition) is 10. The Bertz CT molecular complexity index is 1590. The number of rotatable bonds is 15. The minimum absolute atomic E-state index is 0. The van der Waals surface area contributed by atoms with Crippen LogP contribution >= 0.6 is 11.3 Å². The Morgan fingerprint density at radius 3 is 2.16 bits per heavy atom. The average molecular weight is 654 g/mol. The zero-order valence-corrected chi connectivity index (χ0v) is 28.6. The van der Waals surface area contributed by atoms with Gasteiger partial charge in [-0.25, -0.2) is 4.39 Å². The first kappa shape index (κ1) is 36.1. The van der Waals surface area contributed by atoms with Crippen molar-refractivity contribution >= 4 is 45.1 Å². The number of carboxylic acids is 2. The molecule has 2 heterocycles. The molecule has 1 N–H and O–H groups in total. The van der Waals surface area contributed by atoms with Crippen molar-refractivity contribution in [1.82, 2.24) is 4.90 Å². The van der Waals surface area contributed by atoms with E-state index in [9.17, 15) is 24.3 Å². The van der Waals surface area contributed by atoms with Crippen molar-refractivity contribution in [2.75, 3.05) is 27.4 Å². The van der Waals surface area contributed by atoms with Crippen LogP contribution in [-0.2, 0) is 27.5 Å². The molecular weight excluding hydrogens is 620 g/mol. The van der Waals surface area contributed by atoms with Crippen LogP contribution in [-0.4, -0.2) is 61.1 Å². The number of carboxylic acid groups (broad SMARTS) is 2. The molecule has 3 aromatic rings. The topological polar surface area (TPSA) is 152 Å². The Kier molecular flexibility index (Phi) is 12.6. The molecule has 1 aliphatic rings. The molecule has 1 aliphatic heterocycles. The first-order chi connectivity index (χ1) is 20.9. The van der Waals surface area contributed by atoms with E-state index in [1.54, 1.807) is 23.1 Å². The molecule has 2 atom stereocenters. The maximum absolute atomic E-state index is 15.5. The van der Waals surface area contributed by atoms with Gasteiger partial charge < -0.3 is 38.9 Å². The van der Waals surface area contributed by atoms with Crippen LogP contribution in [0, 0.1) is 17.7 Å². The van der Waals surface area contributed by atoms with Gasteiger partial charge in [-0.1, -0.05) is 13.8 Å². The van der Waals surface area contributed by atoms with Crippen molar-refractivity contribution in [3.63, 3.8) is 0 Å². The van der Waals surface area contributed by atoms with Gasteiger partial charge in [0.1, 0.15) is 0 Å². The third-order valence-electron chi connectivity index (χ3n) is 7.33. The molecule has 236 valence electrons. The van der Waals surface area contributed by atoms with Gasteiger partial charge >= 0.3 is 35.5 Å². The van der Waals surface area contributed by atoms with E-state index >= 15 is 4.39 Å². The Morgan fingerprint density at radius 1 is 0.933 bits per heavy atom. The van der Waals surface area contributed by atoms with Crippen molar-refractivity contribution in [2.45, 2.75) is 46.2 Å². The third kappa shape index (κ3) is 8.46. The van der Waals surface area contributed by atoms with Crippen molar-refractivity contribution in [1.29, 1.82) is 0 Å². The number of nitrogens with zero attached hydrogens (tertiary/aromatic N) is 1. The van der Waals surface area contributed by atoms with E-state index in [1.165, 1.54) is 34.1 Å². The molecule has 0 saturated heterocycles. The Morgan fingerprint density at radius 2 is 1.56 bits per heavy atom. The second-order valence-corrected chi connectivity index (χ2v) is 11.7. The third-order valence-corrected chi connectivity index (χ3v) is 8.45. The first-order valence-electron chi connectivity index (χ1n) is 13.9. The molecular formula is C31H33FNNaO10S. The summed E-state index contributed by atoms with van der Waals surface area (Å²) in [5.74, 6) is -4.46. The maximum Gasteiger partial charge on any atom is 1.00 e. The molecule has 0 fully saturated rings. The fourth-order valence-corrected chi connectivity index (χ4v) is 5.77. The summed E-state index contributed by atoms with van der Waals surface area (Å²) in [7, 11) is 2.88. The smallest absolute Gasteiger partial charge is 0.550 e. The molecule has 0 unspecified atom stereocenters. The van der Waals surface area contributed by atoms with Crippen molar-refractivity contribution in [2.24, 2.45) is 11.8 Å². The van der Waals surface area contributed by atoms with Gasteiger partial charge in [0.25, 0.3) is 0 Å². The molecule has 14 heteroatoms. The maximum atomic E-state index is 15.5. The number of amides is 1. The van der Waals surface area contributed by atoms with Gasteiger partial charge in [-0.3, -0.25) is 14.4 Å². The van der Waals surface area contributed by atoms with Crippen molar-refractivity contribution < 1.29 is 82.3 Å². The van der Waals surface area contributed by atoms with Gasteiger partial charge in [-0.2, -0.15) is 0 Å². The van der Waals surface area contributed by atoms with Crippen LogP contribution in [0.3, 0.4) is 0 Å². The fourth-order valence-electron chi connectivity index (χ4n) is 4.73. The van der Waals surface area contributed by atoms with Crippen LogP contribution in [0.4, 0.5) is 4.39 Å². The normalized spacial score (nSPS) is 13.4. The summed E-state index contributed by atoms with van der Waals surface area (Å²) in [6.45, 7) is 3.80. The van der Waals surface area contributed by atoms with Crippen LogP contribution in [0.5, 0.6) is 23.0 Å².